The van der Waals surface area contributed by atoms with E-state index in [4.69, 9.17) is 9.47 Å². The normalized spacial score (nSPS) is 24.8. The van der Waals surface area contributed by atoms with Gasteiger partial charge in [-0.1, -0.05) is 6.07 Å². The SMILES string of the molecule is COc1nc2nc(C34COC(C)(C3)C4)cn2cc1NC(=O)c1cccc(C(F)F)n1. The van der Waals surface area contributed by atoms with Gasteiger partial charge >= 0.3 is 0 Å². The van der Waals surface area contributed by atoms with Crippen molar-refractivity contribution in [2.75, 3.05) is 19.0 Å². The van der Waals surface area contributed by atoms with Crippen LogP contribution in [0.25, 0.3) is 5.78 Å². The van der Waals surface area contributed by atoms with Crippen molar-refractivity contribution in [2.24, 2.45) is 0 Å². The molecule has 0 aromatic carbocycles. The molecule has 1 saturated carbocycles. The van der Waals surface area contributed by atoms with Gasteiger partial charge in [0.25, 0.3) is 12.3 Å². The molecule has 3 aromatic heterocycles. The number of ether oxygens (including phenoxy) is 2. The second kappa shape index (κ2) is 6.43. The Balaban J connectivity index is 1.45. The second-order valence-corrected chi connectivity index (χ2v) is 8.07. The fourth-order valence-corrected chi connectivity index (χ4v) is 4.44. The molecule has 2 aliphatic heterocycles. The smallest absolute Gasteiger partial charge is 0.280 e. The van der Waals surface area contributed by atoms with Crippen LogP contribution in [0.15, 0.2) is 30.6 Å². The minimum atomic E-state index is -2.76. The van der Waals surface area contributed by atoms with Gasteiger partial charge in [-0.15, -0.1) is 0 Å². The van der Waals surface area contributed by atoms with E-state index >= 15 is 0 Å². The number of alkyl halides is 2. The third kappa shape index (κ3) is 2.90. The van der Waals surface area contributed by atoms with Crippen molar-refractivity contribution in [3.05, 3.63) is 47.7 Å². The van der Waals surface area contributed by atoms with E-state index in [1.807, 2.05) is 6.20 Å². The summed E-state index contributed by atoms with van der Waals surface area (Å²) in [6.07, 6.45) is 2.58. The summed E-state index contributed by atoms with van der Waals surface area (Å²) in [5.41, 5.74) is 0.409. The van der Waals surface area contributed by atoms with E-state index in [0.717, 1.165) is 18.5 Å². The average Bonchev–Trinajstić information content (AvgIpc) is 3.37. The van der Waals surface area contributed by atoms with Crippen LogP contribution < -0.4 is 10.1 Å². The van der Waals surface area contributed by atoms with E-state index in [1.165, 1.54) is 25.3 Å². The van der Waals surface area contributed by atoms with Crippen LogP contribution in [-0.4, -0.2) is 44.6 Å². The summed E-state index contributed by atoms with van der Waals surface area (Å²) in [4.78, 5) is 25.3. The van der Waals surface area contributed by atoms with Gasteiger partial charge in [-0.05, 0) is 31.9 Å². The van der Waals surface area contributed by atoms with E-state index < -0.39 is 18.0 Å². The van der Waals surface area contributed by atoms with Crippen molar-refractivity contribution in [1.82, 2.24) is 19.4 Å². The van der Waals surface area contributed by atoms with Gasteiger partial charge in [-0.2, -0.15) is 4.98 Å². The molecule has 5 heterocycles. The van der Waals surface area contributed by atoms with Crippen LogP contribution in [0.5, 0.6) is 5.88 Å². The molecule has 1 aliphatic carbocycles. The number of halogens is 2. The van der Waals surface area contributed by atoms with Crippen molar-refractivity contribution in [3.63, 3.8) is 0 Å². The summed E-state index contributed by atoms with van der Waals surface area (Å²) in [5.74, 6) is -0.0426. The summed E-state index contributed by atoms with van der Waals surface area (Å²) in [6, 6.07) is 3.89. The summed E-state index contributed by atoms with van der Waals surface area (Å²) in [7, 11) is 1.43. The number of hydrogen-bond donors (Lipinski definition) is 1. The fraction of sp³-hybridized carbons (Fsp3) is 0.400. The van der Waals surface area contributed by atoms with E-state index in [-0.39, 0.29) is 28.3 Å². The van der Waals surface area contributed by atoms with Crippen LogP contribution in [0.4, 0.5) is 14.5 Å². The first-order chi connectivity index (χ1) is 14.3. The molecule has 0 unspecified atom stereocenters. The summed E-state index contributed by atoms with van der Waals surface area (Å²) in [5, 5.41) is 2.63. The summed E-state index contributed by atoms with van der Waals surface area (Å²) in [6.45, 7) is 2.72. The number of amides is 1. The largest absolute Gasteiger partial charge is 0.479 e. The number of nitrogens with zero attached hydrogens (tertiary/aromatic N) is 4. The zero-order valence-electron chi connectivity index (χ0n) is 16.4. The first kappa shape index (κ1) is 18.9. The number of rotatable bonds is 5. The molecular formula is C20H19F2N5O3. The molecule has 3 fully saturated rings. The first-order valence-electron chi connectivity index (χ1n) is 9.46. The zero-order chi connectivity index (χ0) is 21.1. The molecule has 3 aliphatic rings. The van der Waals surface area contributed by atoms with Gasteiger partial charge in [0.15, 0.2) is 0 Å². The number of fused-ring (bicyclic) bond motifs is 2. The van der Waals surface area contributed by atoms with Gasteiger partial charge in [-0.3, -0.25) is 9.20 Å². The molecule has 6 rings (SSSR count). The average molecular weight is 415 g/mol. The number of anilines is 1. The quantitative estimate of drug-likeness (QED) is 0.689. The maximum atomic E-state index is 12.9. The van der Waals surface area contributed by atoms with Crippen molar-refractivity contribution >= 4 is 17.4 Å². The number of aromatic nitrogens is 4. The highest BCUT2D eigenvalue weighted by Crippen LogP contribution is 2.58. The molecule has 0 atom stereocenters. The Labute approximate surface area is 170 Å². The highest BCUT2D eigenvalue weighted by Gasteiger charge is 2.61. The van der Waals surface area contributed by atoms with Gasteiger partial charge in [0.05, 0.1) is 25.0 Å². The zero-order valence-corrected chi connectivity index (χ0v) is 16.4. The molecule has 3 aromatic rings. The Hall–Kier alpha value is -3.14. The van der Waals surface area contributed by atoms with E-state index in [9.17, 15) is 13.6 Å². The molecule has 30 heavy (non-hydrogen) atoms. The Bertz CT molecular complexity index is 1160. The number of nitrogens with one attached hydrogen (secondary N) is 1. The Morgan fingerprint density at radius 1 is 1.27 bits per heavy atom. The van der Waals surface area contributed by atoms with E-state index in [1.54, 1.807) is 10.6 Å². The number of carbonyl (C=O) groups is 1. The third-order valence-electron chi connectivity index (χ3n) is 5.75. The van der Waals surface area contributed by atoms with Crippen LogP contribution in [0, 0.1) is 0 Å². The molecule has 0 spiro atoms. The van der Waals surface area contributed by atoms with Crippen molar-refractivity contribution in [2.45, 2.75) is 37.2 Å². The van der Waals surface area contributed by atoms with Crippen molar-refractivity contribution in [3.8, 4) is 5.88 Å². The lowest BCUT2D eigenvalue weighted by atomic mass is 9.62. The Kier molecular flexibility index (Phi) is 4.04. The lowest BCUT2D eigenvalue weighted by Crippen LogP contribution is -2.45. The maximum Gasteiger partial charge on any atom is 0.280 e. The minimum absolute atomic E-state index is 0.0696. The monoisotopic (exact) mass is 415 g/mol. The van der Waals surface area contributed by atoms with Crippen LogP contribution >= 0.6 is 0 Å². The predicted octanol–water partition coefficient (Wildman–Crippen LogP) is 3.14. The molecule has 0 radical (unpaired) electrons. The van der Waals surface area contributed by atoms with E-state index in [0.29, 0.717) is 12.4 Å². The van der Waals surface area contributed by atoms with Crippen molar-refractivity contribution < 1.29 is 23.0 Å². The fourth-order valence-electron chi connectivity index (χ4n) is 4.44. The maximum absolute atomic E-state index is 12.9. The topological polar surface area (TPSA) is 90.6 Å². The van der Waals surface area contributed by atoms with Gasteiger partial charge in [0, 0.05) is 17.8 Å². The summed E-state index contributed by atoms with van der Waals surface area (Å²) < 4.78 is 38.6. The highest BCUT2D eigenvalue weighted by atomic mass is 19.3. The predicted molar refractivity (Wildman–Crippen MR) is 102 cm³/mol. The molecule has 1 amide bonds. The first-order valence-corrected chi connectivity index (χ1v) is 9.46. The van der Waals surface area contributed by atoms with Crippen LogP contribution in [-0.2, 0) is 10.2 Å². The van der Waals surface area contributed by atoms with Crippen LogP contribution in [0.2, 0.25) is 0 Å². The number of hydrogen-bond acceptors (Lipinski definition) is 6. The Morgan fingerprint density at radius 3 is 2.73 bits per heavy atom. The standard InChI is InChI=1S/C20H19F2N5O3/c1-19-8-20(9-19,10-30-19)14-7-27-6-13(17(29-2)26-18(27)25-14)24-16(28)12-5-3-4-11(23-12)15(21)22/h3-7,15H,8-10H2,1-2H3,(H,24,28). The van der Waals surface area contributed by atoms with Gasteiger partial charge in [0.1, 0.15) is 17.1 Å². The number of pyridine rings is 1. The van der Waals surface area contributed by atoms with E-state index in [2.05, 4.69) is 27.2 Å². The molecule has 1 N–H and O–H groups in total. The number of imidazole rings is 1. The second-order valence-electron chi connectivity index (χ2n) is 8.07. The molecule has 2 bridgehead atoms. The molecule has 2 saturated heterocycles. The van der Waals surface area contributed by atoms with Crippen molar-refractivity contribution in [1.29, 1.82) is 0 Å². The summed E-state index contributed by atoms with van der Waals surface area (Å²) >= 11 is 0. The molecular weight excluding hydrogens is 396 g/mol. The molecule has 156 valence electrons. The molecule has 10 heteroatoms. The third-order valence-corrected chi connectivity index (χ3v) is 5.75. The van der Waals surface area contributed by atoms with Gasteiger partial charge in [-0.25, -0.2) is 18.7 Å². The lowest BCUT2D eigenvalue weighted by molar-refractivity contribution is 0.0154. The molecule has 8 nitrogen and oxygen atoms in total. The van der Waals surface area contributed by atoms with Gasteiger partial charge < -0.3 is 14.8 Å². The Morgan fingerprint density at radius 2 is 2.07 bits per heavy atom. The van der Waals surface area contributed by atoms with Gasteiger partial charge in [0.2, 0.25) is 11.7 Å². The lowest BCUT2D eigenvalue weighted by Gasteiger charge is -2.41. The number of carbonyl (C=O) groups excluding carboxylic acids is 1. The number of methoxy groups -OCH3 is 1. The highest BCUT2D eigenvalue weighted by molar-refractivity contribution is 6.03. The minimum Gasteiger partial charge on any atom is -0.479 e. The van der Waals surface area contributed by atoms with Crippen LogP contribution in [0.1, 0.15) is 48.1 Å². The van der Waals surface area contributed by atoms with Crippen LogP contribution in [0.3, 0.4) is 0 Å².